The maximum atomic E-state index is 12.8. The lowest BCUT2D eigenvalue weighted by atomic mass is 10.0. The van der Waals surface area contributed by atoms with E-state index in [0.29, 0.717) is 12.2 Å². The Hall–Kier alpha value is -3.02. The zero-order chi connectivity index (χ0) is 18.5. The average Bonchev–Trinajstić information content (AvgIpc) is 3.26. The van der Waals surface area contributed by atoms with Crippen LogP contribution in [0.5, 0.6) is 5.75 Å². The molecule has 0 bridgehead atoms. The van der Waals surface area contributed by atoms with Crippen LogP contribution in [0.15, 0.2) is 49.2 Å². The molecule has 0 aliphatic rings. The van der Waals surface area contributed by atoms with E-state index in [2.05, 4.69) is 10.3 Å². The van der Waals surface area contributed by atoms with Gasteiger partial charge in [-0.2, -0.15) is 0 Å². The van der Waals surface area contributed by atoms with Crippen LogP contribution in [0, 0.1) is 6.92 Å². The highest BCUT2D eigenvalue weighted by atomic mass is 16.5. The maximum Gasteiger partial charge on any atom is 0.268 e. The van der Waals surface area contributed by atoms with Crippen LogP contribution in [0.3, 0.4) is 0 Å². The van der Waals surface area contributed by atoms with Crippen molar-refractivity contribution in [1.29, 1.82) is 0 Å². The van der Waals surface area contributed by atoms with Crippen molar-refractivity contribution in [2.45, 2.75) is 19.9 Å². The number of carbonyl (C=O) groups excluding carboxylic acids is 1. The summed E-state index contributed by atoms with van der Waals surface area (Å²) in [6, 6.07) is 7.79. The summed E-state index contributed by atoms with van der Waals surface area (Å²) in [4.78, 5) is 16.8. The summed E-state index contributed by atoms with van der Waals surface area (Å²) in [7, 11) is 3.55. The van der Waals surface area contributed by atoms with Gasteiger partial charge in [-0.05, 0) is 36.6 Å². The molecule has 6 heteroatoms. The highest BCUT2D eigenvalue weighted by molar-refractivity contribution is 6.00. The predicted molar refractivity (Wildman–Crippen MR) is 101 cm³/mol. The van der Waals surface area contributed by atoms with Crippen molar-refractivity contribution in [2.75, 3.05) is 13.7 Å². The third kappa shape index (κ3) is 3.79. The molecule has 2 aromatic heterocycles. The molecule has 1 amide bonds. The van der Waals surface area contributed by atoms with Gasteiger partial charge in [0.25, 0.3) is 5.91 Å². The first-order valence-corrected chi connectivity index (χ1v) is 8.64. The topological polar surface area (TPSA) is 61.1 Å². The molecule has 0 spiro atoms. The molecule has 2 heterocycles. The fourth-order valence-corrected chi connectivity index (χ4v) is 3.14. The van der Waals surface area contributed by atoms with Gasteiger partial charge in [0.1, 0.15) is 11.4 Å². The zero-order valence-corrected chi connectivity index (χ0v) is 15.4. The Balaban J connectivity index is 1.72. The number of hydrogen-bond acceptors (Lipinski definition) is 3. The number of rotatable bonds is 7. The smallest absolute Gasteiger partial charge is 0.268 e. The number of aryl methyl sites for hydroxylation is 3. The van der Waals surface area contributed by atoms with E-state index in [1.54, 1.807) is 19.6 Å². The summed E-state index contributed by atoms with van der Waals surface area (Å²) < 4.78 is 9.11. The lowest BCUT2D eigenvalue weighted by Crippen LogP contribution is -2.27. The highest BCUT2D eigenvalue weighted by Crippen LogP contribution is 2.30. The van der Waals surface area contributed by atoms with Gasteiger partial charge in [-0.3, -0.25) is 4.79 Å². The number of carbonyl (C=O) groups is 1. The Bertz CT molecular complexity index is 864. The summed E-state index contributed by atoms with van der Waals surface area (Å²) >= 11 is 0. The van der Waals surface area contributed by atoms with Crippen molar-refractivity contribution in [3.63, 3.8) is 0 Å². The molecule has 0 unspecified atom stereocenters. The minimum absolute atomic E-state index is 0.0583. The molecular formula is C20H24N4O2. The molecule has 26 heavy (non-hydrogen) atoms. The quantitative estimate of drug-likeness (QED) is 0.665. The fraction of sp³-hybridized carbons (Fsp3) is 0.300. The third-order valence-corrected chi connectivity index (χ3v) is 4.40. The number of benzene rings is 1. The molecule has 0 aliphatic heterocycles. The molecule has 0 aliphatic carbocycles. The molecule has 0 saturated heterocycles. The van der Waals surface area contributed by atoms with Crippen LogP contribution in [0.4, 0.5) is 0 Å². The molecule has 1 N–H and O–H groups in total. The number of ether oxygens (including phenoxy) is 1. The molecule has 1 aromatic carbocycles. The minimum Gasteiger partial charge on any atom is -0.497 e. The number of hydrogen-bond donors (Lipinski definition) is 1. The second-order valence-corrected chi connectivity index (χ2v) is 6.29. The van der Waals surface area contributed by atoms with Crippen molar-refractivity contribution in [2.24, 2.45) is 7.05 Å². The third-order valence-electron chi connectivity index (χ3n) is 4.40. The Morgan fingerprint density at radius 3 is 2.69 bits per heavy atom. The number of imidazole rings is 1. The van der Waals surface area contributed by atoms with Crippen molar-refractivity contribution in [1.82, 2.24) is 19.4 Å². The summed E-state index contributed by atoms with van der Waals surface area (Å²) in [5, 5.41) is 3.03. The van der Waals surface area contributed by atoms with Crippen LogP contribution in [-0.2, 0) is 13.6 Å². The van der Waals surface area contributed by atoms with Gasteiger partial charge in [0.05, 0.1) is 13.4 Å². The van der Waals surface area contributed by atoms with E-state index < -0.39 is 0 Å². The zero-order valence-electron chi connectivity index (χ0n) is 15.4. The van der Waals surface area contributed by atoms with Gasteiger partial charge in [-0.1, -0.05) is 12.1 Å². The molecule has 3 aromatic rings. The van der Waals surface area contributed by atoms with E-state index in [9.17, 15) is 4.79 Å². The van der Waals surface area contributed by atoms with E-state index in [-0.39, 0.29) is 5.91 Å². The predicted octanol–water partition coefficient (Wildman–Crippen LogP) is 3.03. The number of nitrogens with one attached hydrogen (secondary N) is 1. The molecule has 0 saturated carbocycles. The second-order valence-electron chi connectivity index (χ2n) is 6.29. The van der Waals surface area contributed by atoms with E-state index in [1.807, 2.05) is 59.8 Å². The van der Waals surface area contributed by atoms with Gasteiger partial charge in [-0.15, -0.1) is 0 Å². The molecule has 0 fully saturated rings. The van der Waals surface area contributed by atoms with Crippen LogP contribution >= 0.6 is 0 Å². The lowest BCUT2D eigenvalue weighted by Gasteiger charge is -2.10. The Kier molecular flexibility index (Phi) is 5.41. The van der Waals surface area contributed by atoms with Crippen molar-refractivity contribution in [3.8, 4) is 16.9 Å². The highest BCUT2D eigenvalue weighted by Gasteiger charge is 2.19. The molecule has 3 rings (SSSR count). The first kappa shape index (κ1) is 17.8. The van der Waals surface area contributed by atoms with Gasteiger partial charge < -0.3 is 19.2 Å². The van der Waals surface area contributed by atoms with Crippen LogP contribution in [-0.4, -0.2) is 33.7 Å². The van der Waals surface area contributed by atoms with Crippen LogP contribution in [0.2, 0.25) is 0 Å². The summed E-state index contributed by atoms with van der Waals surface area (Å²) in [5.74, 6) is 0.741. The standard InChI is InChI=1S/C20H24N4O2/c1-15-13-23(2)19(18(15)16-5-7-17(26-3)8-6-16)20(25)22-9-4-11-24-12-10-21-14-24/h5-8,10,12-14H,4,9,11H2,1-3H3,(H,22,25). The van der Waals surface area contributed by atoms with Gasteiger partial charge in [0.15, 0.2) is 0 Å². The normalized spacial score (nSPS) is 10.7. The fourth-order valence-electron chi connectivity index (χ4n) is 3.14. The summed E-state index contributed by atoms with van der Waals surface area (Å²) in [6.45, 7) is 3.47. The maximum absolute atomic E-state index is 12.8. The van der Waals surface area contributed by atoms with Crippen molar-refractivity contribution in [3.05, 3.63) is 60.4 Å². The summed E-state index contributed by atoms with van der Waals surface area (Å²) in [6.07, 6.45) is 8.30. The van der Waals surface area contributed by atoms with Gasteiger partial charge >= 0.3 is 0 Å². The minimum atomic E-state index is -0.0583. The molecular weight excluding hydrogens is 328 g/mol. The van der Waals surface area contributed by atoms with Gasteiger partial charge in [-0.25, -0.2) is 4.98 Å². The molecule has 0 radical (unpaired) electrons. The van der Waals surface area contributed by atoms with E-state index in [1.165, 1.54) is 0 Å². The average molecular weight is 352 g/mol. The summed E-state index contributed by atoms with van der Waals surface area (Å²) in [5.41, 5.74) is 3.71. The van der Waals surface area contributed by atoms with Crippen LogP contribution in [0.25, 0.3) is 11.1 Å². The Morgan fingerprint density at radius 1 is 1.27 bits per heavy atom. The van der Waals surface area contributed by atoms with E-state index in [0.717, 1.165) is 35.4 Å². The van der Waals surface area contributed by atoms with E-state index in [4.69, 9.17) is 4.74 Å². The van der Waals surface area contributed by atoms with Crippen molar-refractivity contribution < 1.29 is 9.53 Å². The first-order valence-electron chi connectivity index (χ1n) is 8.64. The largest absolute Gasteiger partial charge is 0.497 e. The van der Waals surface area contributed by atoms with Crippen molar-refractivity contribution >= 4 is 5.91 Å². The lowest BCUT2D eigenvalue weighted by molar-refractivity contribution is 0.0945. The van der Waals surface area contributed by atoms with Gasteiger partial charge in [0, 0.05) is 44.3 Å². The van der Waals surface area contributed by atoms with Gasteiger partial charge in [0.2, 0.25) is 0 Å². The number of amides is 1. The Labute approximate surface area is 153 Å². The number of methoxy groups -OCH3 is 1. The monoisotopic (exact) mass is 352 g/mol. The number of nitrogens with zero attached hydrogens (tertiary/aromatic N) is 3. The van der Waals surface area contributed by atoms with Crippen LogP contribution < -0.4 is 10.1 Å². The first-order chi connectivity index (χ1) is 12.6. The molecule has 6 nitrogen and oxygen atoms in total. The molecule has 0 atom stereocenters. The second kappa shape index (κ2) is 7.91. The molecule has 136 valence electrons. The number of aromatic nitrogens is 3. The SMILES string of the molecule is COc1ccc(-c2c(C)cn(C)c2C(=O)NCCCn2ccnc2)cc1. The van der Waals surface area contributed by atoms with Crippen LogP contribution in [0.1, 0.15) is 22.5 Å². The van der Waals surface area contributed by atoms with E-state index >= 15 is 0 Å². The Morgan fingerprint density at radius 2 is 2.04 bits per heavy atom.